The topological polar surface area (TPSA) is 175 Å². The first-order chi connectivity index (χ1) is 35.7. The minimum absolute atomic E-state index is 0.0737. The number of aliphatic hydroxyl groups is 5. The molecule has 73 heavy (non-hydrogen) atoms. The second-order valence-electron chi connectivity index (χ2n) is 19.6. The Bertz CT molecular complexity index is 1550. The second-order valence-corrected chi connectivity index (χ2v) is 19.6. The van der Waals surface area contributed by atoms with Crippen molar-refractivity contribution in [2.75, 3.05) is 13.2 Å². The average molecular weight is 1020 g/mol. The van der Waals surface area contributed by atoms with Crippen molar-refractivity contribution in [1.29, 1.82) is 0 Å². The standard InChI is InChI=1S/C62H105NO10/c1-4-7-10-13-16-19-22-25-26-27-28-29-30-32-35-38-41-44-47-50-57(67)73-60-59(69)58(68)56(51-64)72-62(60)71-52-53(54(65)48-45-42-39-36-34-31-23-20-17-14-11-8-5-2)63-61(70)55(66)49-46-43-40-37-33-24-21-18-15-12-9-6-3/h7,10,16,19,25-26,28-29,32-33,35,37,43,45-46,48,53-56,58-60,62,64-66,68-69H,4-6,8-9,11-15,17-18,20-24,27,30-31,34,36,38-42,44,47,49-52H2,1-3H3,(H,63,70)/b10-7-,19-16-,26-25-,29-28-,35-32-,37-33-,46-43+,48-45+. The molecule has 0 aromatic heterocycles. The Labute approximate surface area is 444 Å². The van der Waals surface area contributed by atoms with Crippen LogP contribution in [0.15, 0.2) is 97.2 Å². The van der Waals surface area contributed by atoms with E-state index >= 15 is 0 Å². The van der Waals surface area contributed by atoms with Crippen LogP contribution in [0.3, 0.4) is 0 Å². The second kappa shape index (κ2) is 49.5. The van der Waals surface area contributed by atoms with Crippen LogP contribution in [0.25, 0.3) is 0 Å². The van der Waals surface area contributed by atoms with Gasteiger partial charge >= 0.3 is 5.97 Å². The quantitative estimate of drug-likeness (QED) is 0.0196. The molecule has 8 atom stereocenters. The molecule has 0 spiro atoms. The maximum absolute atomic E-state index is 13.3. The zero-order chi connectivity index (χ0) is 53.3. The van der Waals surface area contributed by atoms with Gasteiger partial charge in [0, 0.05) is 12.8 Å². The van der Waals surface area contributed by atoms with E-state index in [4.69, 9.17) is 14.2 Å². The summed E-state index contributed by atoms with van der Waals surface area (Å²) in [6.45, 7) is 5.59. The number of hydrogen-bond donors (Lipinski definition) is 6. The molecule has 0 aromatic rings. The van der Waals surface area contributed by atoms with E-state index in [0.717, 1.165) is 83.5 Å². The summed E-state index contributed by atoms with van der Waals surface area (Å²) in [4.78, 5) is 26.4. The van der Waals surface area contributed by atoms with E-state index in [-0.39, 0.29) is 19.4 Å². The van der Waals surface area contributed by atoms with Crippen molar-refractivity contribution in [3.8, 4) is 0 Å². The zero-order valence-corrected chi connectivity index (χ0v) is 46.0. The van der Waals surface area contributed by atoms with Crippen molar-refractivity contribution in [2.45, 2.75) is 269 Å². The van der Waals surface area contributed by atoms with E-state index < -0.39 is 67.4 Å². The van der Waals surface area contributed by atoms with Crippen LogP contribution in [0.4, 0.5) is 0 Å². The molecule has 1 saturated heterocycles. The van der Waals surface area contributed by atoms with Crippen molar-refractivity contribution >= 4 is 11.9 Å². The number of unbranched alkanes of at least 4 members (excludes halogenated alkanes) is 20. The Hall–Kier alpha value is -3.42. The molecule has 0 bridgehead atoms. The largest absolute Gasteiger partial charge is 0.454 e. The van der Waals surface area contributed by atoms with Crippen LogP contribution in [0, 0.1) is 0 Å². The SMILES string of the molecule is CC/C=C\C/C=C\C/C=C\C/C=C\C/C=C\CCCCCC(=O)OC1C(OCC(NC(=O)C(O)C/C=C/C/C=C\CCCCCCCC)C(O)/C=C/CCCCCCCCCCCCC)OC(CO)C(O)C1O. The van der Waals surface area contributed by atoms with Crippen molar-refractivity contribution in [1.82, 2.24) is 5.32 Å². The van der Waals surface area contributed by atoms with Crippen LogP contribution in [0.1, 0.15) is 220 Å². The number of ether oxygens (including phenoxy) is 3. The summed E-state index contributed by atoms with van der Waals surface area (Å²) >= 11 is 0. The summed E-state index contributed by atoms with van der Waals surface area (Å²) in [6, 6.07) is -1.07. The fraction of sp³-hybridized carbons (Fsp3) is 0.710. The van der Waals surface area contributed by atoms with E-state index in [9.17, 15) is 35.1 Å². The average Bonchev–Trinajstić information content (AvgIpc) is 3.39. The van der Waals surface area contributed by atoms with Crippen LogP contribution >= 0.6 is 0 Å². The van der Waals surface area contributed by atoms with E-state index in [2.05, 4.69) is 99.0 Å². The van der Waals surface area contributed by atoms with E-state index in [1.807, 2.05) is 12.2 Å². The minimum Gasteiger partial charge on any atom is -0.454 e. The van der Waals surface area contributed by atoms with Gasteiger partial charge in [-0.15, -0.1) is 0 Å². The highest BCUT2D eigenvalue weighted by molar-refractivity contribution is 5.81. The van der Waals surface area contributed by atoms with Crippen LogP contribution in [-0.2, 0) is 23.8 Å². The predicted molar refractivity (Wildman–Crippen MR) is 301 cm³/mol. The van der Waals surface area contributed by atoms with Gasteiger partial charge in [0.1, 0.15) is 24.4 Å². The van der Waals surface area contributed by atoms with Crippen molar-refractivity contribution in [3.05, 3.63) is 97.2 Å². The molecule has 11 nitrogen and oxygen atoms in total. The molecule has 8 unspecified atom stereocenters. The van der Waals surface area contributed by atoms with Crippen LogP contribution in [0.2, 0.25) is 0 Å². The van der Waals surface area contributed by atoms with Crippen molar-refractivity contribution < 1.29 is 49.3 Å². The van der Waals surface area contributed by atoms with Gasteiger partial charge in [0.05, 0.1) is 25.4 Å². The molecule has 0 aliphatic carbocycles. The molecular formula is C62H105NO10. The van der Waals surface area contributed by atoms with Crippen molar-refractivity contribution in [2.24, 2.45) is 0 Å². The molecule has 1 fully saturated rings. The Kier molecular flexibility index (Phi) is 45.8. The summed E-state index contributed by atoms with van der Waals surface area (Å²) in [5.41, 5.74) is 0. The summed E-state index contributed by atoms with van der Waals surface area (Å²) in [6.07, 6.45) is 54.7. The van der Waals surface area contributed by atoms with Gasteiger partial charge < -0.3 is 45.1 Å². The van der Waals surface area contributed by atoms with Gasteiger partial charge in [-0.1, -0.05) is 221 Å². The molecule has 0 aromatic carbocycles. The van der Waals surface area contributed by atoms with Crippen LogP contribution in [0.5, 0.6) is 0 Å². The number of allylic oxidation sites excluding steroid dienone is 14. The first kappa shape index (κ1) is 67.6. The fourth-order valence-electron chi connectivity index (χ4n) is 8.37. The highest BCUT2D eigenvalue weighted by Crippen LogP contribution is 2.26. The number of carbonyl (C=O) groups is 2. The zero-order valence-electron chi connectivity index (χ0n) is 46.0. The van der Waals surface area contributed by atoms with E-state index in [1.54, 1.807) is 12.2 Å². The van der Waals surface area contributed by atoms with Gasteiger partial charge in [0.2, 0.25) is 5.91 Å². The Morgan fingerprint density at radius 1 is 0.548 bits per heavy atom. The number of aliphatic hydroxyl groups excluding tert-OH is 5. The van der Waals surface area contributed by atoms with Crippen molar-refractivity contribution in [3.63, 3.8) is 0 Å². The van der Waals surface area contributed by atoms with Gasteiger partial charge in [-0.2, -0.15) is 0 Å². The normalized spacial score (nSPS) is 20.1. The Morgan fingerprint density at radius 3 is 1.48 bits per heavy atom. The van der Waals surface area contributed by atoms with Gasteiger partial charge in [-0.3, -0.25) is 9.59 Å². The Balaban J connectivity index is 2.78. The number of nitrogens with one attached hydrogen (secondary N) is 1. The molecule has 1 rings (SSSR count). The number of rotatable bonds is 47. The molecule has 6 N–H and O–H groups in total. The summed E-state index contributed by atoms with van der Waals surface area (Å²) in [7, 11) is 0. The smallest absolute Gasteiger partial charge is 0.306 e. The summed E-state index contributed by atoms with van der Waals surface area (Å²) in [5.74, 6) is -1.31. The van der Waals surface area contributed by atoms with E-state index in [1.165, 1.54) is 89.9 Å². The highest BCUT2D eigenvalue weighted by Gasteiger charge is 2.47. The van der Waals surface area contributed by atoms with Crippen LogP contribution in [-0.4, -0.2) is 99.6 Å². The molecule has 1 amide bonds. The summed E-state index contributed by atoms with van der Waals surface area (Å²) < 4.78 is 17.5. The fourth-order valence-corrected chi connectivity index (χ4v) is 8.37. The van der Waals surface area contributed by atoms with Gasteiger partial charge in [0.25, 0.3) is 0 Å². The molecular weight excluding hydrogens is 919 g/mol. The third kappa shape index (κ3) is 37.9. The molecule has 0 radical (unpaired) electrons. The number of esters is 1. The first-order valence-electron chi connectivity index (χ1n) is 29.0. The molecule has 0 saturated carbocycles. The molecule has 1 aliphatic rings. The third-order valence-electron chi connectivity index (χ3n) is 13.0. The van der Waals surface area contributed by atoms with Crippen LogP contribution < -0.4 is 5.32 Å². The highest BCUT2D eigenvalue weighted by atomic mass is 16.7. The maximum Gasteiger partial charge on any atom is 0.306 e. The van der Waals surface area contributed by atoms with Gasteiger partial charge in [-0.25, -0.2) is 0 Å². The maximum atomic E-state index is 13.3. The minimum atomic E-state index is -1.64. The molecule has 11 heteroatoms. The van der Waals surface area contributed by atoms with Gasteiger partial charge in [-0.05, 0) is 83.5 Å². The summed E-state index contributed by atoms with van der Waals surface area (Å²) in [5, 5.41) is 56.7. The predicted octanol–water partition coefficient (Wildman–Crippen LogP) is 13.2. The molecule has 418 valence electrons. The number of carbonyl (C=O) groups excluding carboxylic acids is 2. The lowest BCUT2D eigenvalue weighted by molar-refractivity contribution is -0.305. The lowest BCUT2D eigenvalue weighted by atomic mass is 9.99. The van der Waals surface area contributed by atoms with Gasteiger partial charge in [0.15, 0.2) is 12.4 Å². The molecule has 1 heterocycles. The lowest BCUT2D eigenvalue weighted by Gasteiger charge is -2.41. The number of hydrogen-bond acceptors (Lipinski definition) is 10. The lowest BCUT2D eigenvalue weighted by Crippen LogP contribution is -2.61. The van der Waals surface area contributed by atoms with E-state index in [0.29, 0.717) is 12.8 Å². The monoisotopic (exact) mass is 1020 g/mol. The Morgan fingerprint density at radius 2 is 0.986 bits per heavy atom. The number of amides is 1. The first-order valence-corrected chi connectivity index (χ1v) is 29.0. The third-order valence-corrected chi connectivity index (χ3v) is 13.0. The molecule has 1 aliphatic heterocycles.